The Morgan fingerprint density at radius 2 is 2.20 bits per heavy atom. The fraction of sp³-hybridized carbons (Fsp3) is 0.214. The van der Waals surface area contributed by atoms with Crippen LogP contribution in [0.3, 0.4) is 0 Å². The van der Waals surface area contributed by atoms with Gasteiger partial charge >= 0.3 is 0 Å². The molecule has 0 saturated carbocycles. The number of nitrogens with zero attached hydrogens (tertiary/aromatic N) is 2. The minimum absolute atomic E-state index is 0.310. The molecule has 0 bridgehead atoms. The molecule has 0 aliphatic heterocycles. The zero-order valence-corrected chi connectivity index (χ0v) is 11.6. The fourth-order valence-corrected chi connectivity index (χ4v) is 1.64. The Hall–Kier alpha value is -2.63. The molecule has 6 nitrogen and oxygen atoms in total. The Balaban J connectivity index is 2.08. The maximum Gasteiger partial charge on any atom is 0.291 e. The van der Waals surface area contributed by atoms with Gasteiger partial charge in [-0.1, -0.05) is 12.1 Å². The number of aromatic amines is 1. The van der Waals surface area contributed by atoms with Gasteiger partial charge in [-0.15, -0.1) is 0 Å². The SMILES string of the molecule is COc1cccc(C(C)=NNC(=O)c2cc(C)[nH]n2)c1. The molecule has 0 atom stereocenters. The number of H-pyrrole nitrogens is 1. The second-order valence-electron chi connectivity index (χ2n) is 4.31. The molecular formula is C14H16N4O2. The lowest BCUT2D eigenvalue weighted by atomic mass is 10.1. The smallest absolute Gasteiger partial charge is 0.291 e. The quantitative estimate of drug-likeness (QED) is 0.658. The number of nitrogens with one attached hydrogen (secondary N) is 2. The van der Waals surface area contributed by atoms with Crippen molar-refractivity contribution < 1.29 is 9.53 Å². The summed E-state index contributed by atoms with van der Waals surface area (Å²) in [5.41, 5.74) is 5.17. The highest BCUT2D eigenvalue weighted by atomic mass is 16.5. The number of hydrogen-bond donors (Lipinski definition) is 2. The van der Waals surface area contributed by atoms with Gasteiger partial charge in [-0.25, -0.2) is 5.43 Å². The predicted octanol–water partition coefficient (Wildman–Crippen LogP) is 1.88. The van der Waals surface area contributed by atoms with E-state index in [1.54, 1.807) is 13.2 Å². The molecule has 0 saturated heterocycles. The number of benzene rings is 1. The first-order valence-electron chi connectivity index (χ1n) is 6.11. The first-order valence-corrected chi connectivity index (χ1v) is 6.11. The third-order valence-corrected chi connectivity index (χ3v) is 2.75. The molecule has 0 fully saturated rings. The van der Waals surface area contributed by atoms with Crippen molar-refractivity contribution in [1.29, 1.82) is 0 Å². The van der Waals surface area contributed by atoms with E-state index in [1.165, 1.54) is 0 Å². The number of amides is 1. The van der Waals surface area contributed by atoms with Gasteiger partial charge in [0.25, 0.3) is 5.91 Å². The standard InChI is InChI=1S/C14H16N4O2/c1-9-7-13(17-15-9)14(19)18-16-10(2)11-5-4-6-12(8-11)20-3/h4-8H,1-3H3,(H,15,17)(H,18,19). The maximum absolute atomic E-state index is 11.8. The number of ether oxygens (including phenoxy) is 1. The maximum atomic E-state index is 11.8. The predicted molar refractivity (Wildman–Crippen MR) is 76.0 cm³/mol. The van der Waals surface area contributed by atoms with Crippen molar-refractivity contribution in [3.05, 3.63) is 47.3 Å². The van der Waals surface area contributed by atoms with Gasteiger partial charge in [0, 0.05) is 11.3 Å². The molecule has 1 heterocycles. The molecule has 2 aromatic rings. The van der Waals surface area contributed by atoms with Crippen LogP contribution in [0, 0.1) is 6.92 Å². The first kappa shape index (κ1) is 13.8. The summed E-state index contributed by atoms with van der Waals surface area (Å²) in [6.45, 7) is 3.64. The molecule has 2 rings (SSSR count). The minimum atomic E-state index is -0.350. The first-order chi connectivity index (χ1) is 9.60. The van der Waals surface area contributed by atoms with E-state index in [9.17, 15) is 4.79 Å². The van der Waals surface area contributed by atoms with E-state index in [0.717, 1.165) is 17.0 Å². The molecule has 1 aromatic carbocycles. The normalized spacial score (nSPS) is 11.2. The Kier molecular flexibility index (Phi) is 4.14. The third-order valence-electron chi connectivity index (χ3n) is 2.75. The van der Waals surface area contributed by atoms with Crippen molar-refractivity contribution in [3.8, 4) is 5.75 Å². The van der Waals surface area contributed by atoms with E-state index < -0.39 is 0 Å². The Labute approximate surface area is 116 Å². The second-order valence-corrected chi connectivity index (χ2v) is 4.31. The van der Waals surface area contributed by atoms with Crippen molar-refractivity contribution in [3.63, 3.8) is 0 Å². The number of aromatic nitrogens is 2. The third kappa shape index (κ3) is 3.23. The molecule has 20 heavy (non-hydrogen) atoms. The largest absolute Gasteiger partial charge is 0.497 e. The summed E-state index contributed by atoms with van der Waals surface area (Å²) >= 11 is 0. The molecule has 1 amide bonds. The van der Waals surface area contributed by atoms with Crippen molar-refractivity contribution >= 4 is 11.6 Å². The average molecular weight is 272 g/mol. The monoisotopic (exact) mass is 272 g/mol. The second kappa shape index (κ2) is 6.01. The highest BCUT2D eigenvalue weighted by molar-refractivity contribution is 6.00. The van der Waals surface area contributed by atoms with Gasteiger partial charge < -0.3 is 4.74 Å². The van der Waals surface area contributed by atoms with Crippen LogP contribution in [0.2, 0.25) is 0 Å². The Morgan fingerprint density at radius 3 is 2.85 bits per heavy atom. The summed E-state index contributed by atoms with van der Waals surface area (Å²) in [6, 6.07) is 9.12. The zero-order valence-electron chi connectivity index (χ0n) is 11.6. The lowest BCUT2D eigenvalue weighted by molar-refractivity contribution is 0.0950. The van der Waals surface area contributed by atoms with E-state index in [-0.39, 0.29) is 5.91 Å². The van der Waals surface area contributed by atoms with E-state index in [1.807, 2.05) is 38.1 Å². The van der Waals surface area contributed by atoms with E-state index in [2.05, 4.69) is 20.7 Å². The van der Waals surface area contributed by atoms with Crippen LogP contribution in [0.4, 0.5) is 0 Å². The lowest BCUT2D eigenvalue weighted by Gasteiger charge is -2.04. The number of carbonyl (C=O) groups excluding carboxylic acids is 1. The molecule has 104 valence electrons. The highest BCUT2D eigenvalue weighted by Crippen LogP contribution is 2.13. The average Bonchev–Trinajstić information content (AvgIpc) is 2.91. The van der Waals surface area contributed by atoms with Crippen LogP contribution < -0.4 is 10.2 Å². The van der Waals surface area contributed by atoms with Crippen LogP contribution in [0.15, 0.2) is 35.4 Å². The minimum Gasteiger partial charge on any atom is -0.497 e. The number of hydrazone groups is 1. The number of aryl methyl sites for hydroxylation is 1. The molecule has 0 radical (unpaired) electrons. The van der Waals surface area contributed by atoms with Gasteiger partial charge in [-0.2, -0.15) is 10.2 Å². The summed E-state index contributed by atoms with van der Waals surface area (Å²) in [6.07, 6.45) is 0. The molecule has 0 aliphatic carbocycles. The van der Waals surface area contributed by atoms with Gasteiger partial charge in [0.05, 0.1) is 12.8 Å². The zero-order chi connectivity index (χ0) is 14.5. The van der Waals surface area contributed by atoms with Gasteiger partial charge in [0.15, 0.2) is 5.69 Å². The highest BCUT2D eigenvalue weighted by Gasteiger charge is 2.08. The van der Waals surface area contributed by atoms with Crippen LogP contribution in [0.5, 0.6) is 5.75 Å². The summed E-state index contributed by atoms with van der Waals surface area (Å²) in [4.78, 5) is 11.8. The Morgan fingerprint density at radius 1 is 1.40 bits per heavy atom. The van der Waals surface area contributed by atoms with Crippen LogP contribution in [0.1, 0.15) is 28.7 Å². The molecule has 0 aliphatic rings. The molecule has 0 unspecified atom stereocenters. The lowest BCUT2D eigenvalue weighted by Crippen LogP contribution is -2.19. The molecule has 2 N–H and O–H groups in total. The fourth-order valence-electron chi connectivity index (χ4n) is 1.64. The number of hydrogen-bond acceptors (Lipinski definition) is 4. The van der Waals surface area contributed by atoms with Crippen LogP contribution in [-0.4, -0.2) is 28.9 Å². The summed E-state index contributed by atoms with van der Waals surface area (Å²) in [5, 5.41) is 10.6. The van der Waals surface area contributed by atoms with Crippen molar-refractivity contribution in [2.24, 2.45) is 5.10 Å². The van der Waals surface area contributed by atoms with Crippen molar-refractivity contribution in [2.75, 3.05) is 7.11 Å². The van der Waals surface area contributed by atoms with E-state index >= 15 is 0 Å². The van der Waals surface area contributed by atoms with Crippen LogP contribution in [-0.2, 0) is 0 Å². The summed E-state index contributed by atoms with van der Waals surface area (Å²) in [7, 11) is 1.60. The van der Waals surface area contributed by atoms with Gasteiger partial charge in [0.1, 0.15) is 5.75 Å². The topological polar surface area (TPSA) is 79.4 Å². The van der Waals surface area contributed by atoms with Crippen LogP contribution in [0.25, 0.3) is 0 Å². The number of methoxy groups -OCH3 is 1. The van der Waals surface area contributed by atoms with Crippen molar-refractivity contribution in [2.45, 2.75) is 13.8 Å². The van der Waals surface area contributed by atoms with E-state index in [4.69, 9.17) is 4.74 Å². The molecular weight excluding hydrogens is 256 g/mol. The van der Waals surface area contributed by atoms with Gasteiger partial charge in [-0.05, 0) is 32.0 Å². The number of carbonyl (C=O) groups is 1. The number of rotatable bonds is 4. The summed E-state index contributed by atoms with van der Waals surface area (Å²) < 4.78 is 5.15. The van der Waals surface area contributed by atoms with E-state index in [0.29, 0.717) is 11.4 Å². The molecule has 0 spiro atoms. The molecule has 6 heteroatoms. The Bertz CT molecular complexity index is 646. The van der Waals surface area contributed by atoms with Crippen molar-refractivity contribution in [1.82, 2.24) is 15.6 Å². The van der Waals surface area contributed by atoms with Gasteiger partial charge in [0.2, 0.25) is 0 Å². The van der Waals surface area contributed by atoms with Crippen LogP contribution >= 0.6 is 0 Å². The van der Waals surface area contributed by atoms with Gasteiger partial charge in [-0.3, -0.25) is 9.89 Å². The molecule has 1 aromatic heterocycles. The summed E-state index contributed by atoms with van der Waals surface area (Å²) in [5.74, 6) is 0.392.